The predicted molar refractivity (Wildman–Crippen MR) is 86.7 cm³/mol. The number of aromatic nitrogens is 2. The predicted octanol–water partition coefficient (Wildman–Crippen LogP) is 2.76. The maximum absolute atomic E-state index is 11.0. The lowest BCUT2D eigenvalue weighted by Crippen LogP contribution is -2.12. The van der Waals surface area contributed by atoms with E-state index in [1.165, 1.54) is 12.1 Å². The second-order valence-electron chi connectivity index (χ2n) is 5.28. The zero-order valence-corrected chi connectivity index (χ0v) is 11.9. The van der Waals surface area contributed by atoms with Crippen LogP contribution in [0.15, 0.2) is 42.7 Å². The van der Waals surface area contributed by atoms with E-state index in [9.17, 15) is 15.2 Å². The van der Waals surface area contributed by atoms with Crippen molar-refractivity contribution in [2.45, 2.75) is 6.23 Å². The van der Waals surface area contributed by atoms with Crippen LogP contribution in [0.2, 0.25) is 0 Å². The highest BCUT2D eigenvalue weighted by atomic mass is 16.6. The molecule has 0 spiro atoms. The minimum Gasteiger partial charge on any atom is -0.369 e. The molecule has 114 valence electrons. The molecule has 0 bridgehead atoms. The number of benzene rings is 1. The maximum Gasteiger partial charge on any atom is 0.270 e. The molecule has 1 unspecified atom stereocenters. The summed E-state index contributed by atoms with van der Waals surface area (Å²) in [7, 11) is 0. The Morgan fingerprint density at radius 3 is 3.04 bits per heavy atom. The van der Waals surface area contributed by atoms with Gasteiger partial charge in [0.05, 0.1) is 4.92 Å². The van der Waals surface area contributed by atoms with Crippen LogP contribution in [-0.4, -0.2) is 26.2 Å². The fraction of sp³-hybridized carbons (Fsp3) is 0.0625. The largest absolute Gasteiger partial charge is 0.369 e. The van der Waals surface area contributed by atoms with E-state index >= 15 is 0 Å². The molecular weight excluding hydrogens is 296 g/mol. The maximum atomic E-state index is 11.0. The molecule has 0 saturated carbocycles. The van der Waals surface area contributed by atoms with Crippen molar-refractivity contribution in [3.8, 4) is 0 Å². The van der Waals surface area contributed by atoms with E-state index in [0.29, 0.717) is 16.8 Å². The molecule has 0 saturated heterocycles. The van der Waals surface area contributed by atoms with E-state index in [4.69, 9.17) is 0 Å². The van der Waals surface area contributed by atoms with Gasteiger partial charge in [0.2, 0.25) is 0 Å². The van der Waals surface area contributed by atoms with Crippen LogP contribution in [0.3, 0.4) is 0 Å². The van der Waals surface area contributed by atoms with E-state index in [1.807, 2.05) is 18.2 Å². The molecule has 7 heteroatoms. The Bertz CT molecular complexity index is 961. The van der Waals surface area contributed by atoms with Gasteiger partial charge in [-0.2, -0.15) is 0 Å². The number of anilines is 1. The van der Waals surface area contributed by atoms with Gasteiger partial charge in [-0.1, -0.05) is 0 Å². The first-order valence-electron chi connectivity index (χ1n) is 7.00. The van der Waals surface area contributed by atoms with Crippen LogP contribution in [-0.2, 0) is 0 Å². The number of rotatable bonds is 2. The lowest BCUT2D eigenvalue weighted by atomic mass is 10.0. The van der Waals surface area contributed by atoms with Crippen molar-refractivity contribution in [1.82, 2.24) is 9.97 Å². The second-order valence-corrected chi connectivity index (χ2v) is 5.28. The number of hydrogen-bond donors (Lipinski definition) is 3. The van der Waals surface area contributed by atoms with Gasteiger partial charge >= 0.3 is 0 Å². The quantitative estimate of drug-likeness (QED) is 0.499. The SMILES string of the molecule is O=[N+]([O-])c1ccc2c(c1)C(=Cc1c[nH]c3ncccc13)C(O)N2. The average Bonchev–Trinajstić information content (AvgIpc) is 3.09. The molecule has 3 aromatic rings. The van der Waals surface area contributed by atoms with Gasteiger partial charge in [0.1, 0.15) is 5.65 Å². The Hall–Kier alpha value is -3.19. The van der Waals surface area contributed by atoms with Gasteiger partial charge < -0.3 is 15.4 Å². The van der Waals surface area contributed by atoms with Crippen LogP contribution in [0.5, 0.6) is 0 Å². The Morgan fingerprint density at radius 1 is 1.35 bits per heavy atom. The molecule has 0 fully saturated rings. The van der Waals surface area contributed by atoms with E-state index in [0.717, 1.165) is 16.6 Å². The lowest BCUT2D eigenvalue weighted by Gasteiger charge is -2.04. The first-order chi connectivity index (χ1) is 11.1. The van der Waals surface area contributed by atoms with E-state index in [-0.39, 0.29) is 5.69 Å². The summed E-state index contributed by atoms with van der Waals surface area (Å²) in [4.78, 5) is 17.8. The number of H-pyrrole nitrogens is 1. The van der Waals surface area contributed by atoms with Crippen LogP contribution in [0.4, 0.5) is 11.4 Å². The fourth-order valence-electron chi connectivity index (χ4n) is 2.80. The first kappa shape index (κ1) is 13.5. The lowest BCUT2D eigenvalue weighted by molar-refractivity contribution is -0.384. The third-order valence-electron chi connectivity index (χ3n) is 3.91. The van der Waals surface area contributed by atoms with Crippen LogP contribution < -0.4 is 5.32 Å². The highest BCUT2D eigenvalue weighted by Crippen LogP contribution is 2.38. The molecule has 0 aliphatic carbocycles. The average molecular weight is 308 g/mol. The van der Waals surface area contributed by atoms with Crippen molar-refractivity contribution in [2.24, 2.45) is 0 Å². The number of aliphatic hydroxyl groups is 1. The van der Waals surface area contributed by atoms with Crippen molar-refractivity contribution in [1.29, 1.82) is 0 Å². The molecule has 3 heterocycles. The number of nitrogens with one attached hydrogen (secondary N) is 2. The summed E-state index contributed by atoms with van der Waals surface area (Å²) in [6, 6.07) is 8.25. The van der Waals surface area contributed by atoms with Crippen molar-refractivity contribution in [3.63, 3.8) is 0 Å². The fourth-order valence-corrected chi connectivity index (χ4v) is 2.80. The molecule has 4 rings (SSSR count). The Labute approximate surface area is 130 Å². The molecule has 2 aromatic heterocycles. The van der Waals surface area contributed by atoms with Gasteiger partial charge in [-0.15, -0.1) is 0 Å². The van der Waals surface area contributed by atoms with Gasteiger partial charge in [0, 0.05) is 52.3 Å². The summed E-state index contributed by atoms with van der Waals surface area (Å²) in [5, 5.41) is 25.0. The Kier molecular flexibility index (Phi) is 2.88. The number of nitro groups is 1. The topological polar surface area (TPSA) is 104 Å². The minimum atomic E-state index is -0.909. The molecular formula is C16H12N4O3. The van der Waals surface area contributed by atoms with Crippen molar-refractivity contribution in [3.05, 3.63) is 64.0 Å². The highest BCUT2D eigenvalue weighted by molar-refractivity contribution is 5.99. The van der Waals surface area contributed by atoms with Crippen LogP contribution in [0.1, 0.15) is 11.1 Å². The standard InChI is InChI=1S/C16H12N4O3/c21-16-13(6-9-8-18-15-11(9)2-1-5-17-15)12-7-10(20(22)23)3-4-14(12)19-16/h1-8,16,19,21H,(H,17,18). The first-order valence-corrected chi connectivity index (χ1v) is 7.00. The molecule has 0 radical (unpaired) electrons. The molecule has 1 aromatic carbocycles. The van der Waals surface area contributed by atoms with Crippen LogP contribution in [0.25, 0.3) is 22.7 Å². The van der Waals surface area contributed by atoms with Gasteiger partial charge in [-0.05, 0) is 24.3 Å². The van der Waals surface area contributed by atoms with Gasteiger partial charge in [-0.25, -0.2) is 4.98 Å². The monoisotopic (exact) mass is 308 g/mol. The minimum absolute atomic E-state index is 0.00820. The molecule has 7 nitrogen and oxygen atoms in total. The smallest absolute Gasteiger partial charge is 0.270 e. The summed E-state index contributed by atoms with van der Waals surface area (Å²) in [6.45, 7) is 0. The third kappa shape index (κ3) is 2.14. The summed E-state index contributed by atoms with van der Waals surface area (Å²) >= 11 is 0. The summed E-state index contributed by atoms with van der Waals surface area (Å²) in [5.41, 5.74) is 3.50. The van der Waals surface area contributed by atoms with E-state index in [1.54, 1.807) is 18.5 Å². The molecule has 3 N–H and O–H groups in total. The number of nitro benzene ring substituents is 1. The summed E-state index contributed by atoms with van der Waals surface area (Å²) < 4.78 is 0. The number of non-ortho nitro benzene ring substituents is 1. The van der Waals surface area contributed by atoms with E-state index < -0.39 is 11.2 Å². The highest BCUT2D eigenvalue weighted by Gasteiger charge is 2.26. The van der Waals surface area contributed by atoms with Crippen molar-refractivity contribution in [2.75, 3.05) is 5.32 Å². The normalized spacial score (nSPS) is 18.1. The molecule has 23 heavy (non-hydrogen) atoms. The zero-order valence-electron chi connectivity index (χ0n) is 11.9. The number of aromatic amines is 1. The molecule has 1 atom stereocenters. The second kappa shape index (κ2) is 4.92. The van der Waals surface area contributed by atoms with Crippen molar-refractivity contribution >= 4 is 34.1 Å². The molecule has 0 amide bonds. The van der Waals surface area contributed by atoms with Gasteiger partial charge in [-0.3, -0.25) is 10.1 Å². The molecule has 1 aliphatic heterocycles. The van der Waals surface area contributed by atoms with Gasteiger partial charge in [0.15, 0.2) is 6.23 Å². The van der Waals surface area contributed by atoms with Crippen molar-refractivity contribution < 1.29 is 10.0 Å². The Balaban J connectivity index is 1.86. The third-order valence-corrected chi connectivity index (χ3v) is 3.91. The number of pyridine rings is 1. The molecule has 1 aliphatic rings. The number of aliphatic hydroxyl groups excluding tert-OH is 1. The Morgan fingerprint density at radius 2 is 2.22 bits per heavy atom. The van der Waals surface area contributed by atoms with E-state index in [2.05, 4.69) is 15.3 Å². The zero-order chi connectivity index (χ0) is 16.0. The van der Waals surface area contributed by atoms with Gasteiger partial charge in [0.25, 0.3) is 5.69 Å². The summed E-state index contributed by atoms with van der Waals surface area (Å²) in [5.74, 6) is 0. The van der Waals surface area contributed by atoms with Crippen LogP contribution in [0, 0.1) is 10.1 Å². The summed E-state index contributed by atoms with van der Waals surface area (Å²) in [6.07, 6.45) is 4.40. The van der Waals surface area contributed by atoms with Crippen LogP contribution >= 0.6 is 0 Å². The number of fused-ring (bicyclic) bond motifs is 2. The number of nitrogens with zero attached hydrogens (tertiary/aromatic N) is 2. The number of hydrogen-bond acceptors (Lipinski definition) is 5.